The van der Waals surface area contributed by atoms with E-state index in [4.69, 9.17) is 4.98 Å². The molecule has 128 valence electrons. The number of rotatable bonds is 2. The Kier molecular flexibility index (Phi) is 4.04. The molecule has 1 aliphatic heterocycles. The molecule has 0 unspecified atom stereocenters. The van der Waals surface area contributed by atoms with Gasteiger partial charge in [0.05, 0.1) is 11.0 Å². The van der Waals surface area contributed by atoms with E-state index in [-0.39, 0.29) is 5.91 Å². The van der Waals surface area contributed by atoms with Crippen LogP contribution in [0.5, 0.6) is 0 Å². The topological polar surface area (TPSA) is 49.0 Å². The SMILES string of the molecule is Cc1ccc(C(=O)N2CCC(c3nc4ccccc4[nH]3)CC2)cc1C. The Hall–Kier alpha value is -2.62. The van der Waals surface area contributed by atoms with Gasteiger partial charge in [-0.1, -0.05) is 18.2 Å². The fourth-order valence-electron chi connectivity index (χ4n) is 3.58. The van der Waals surface area contributed by atoms with Gasteiger partial charge in [-0.3, -0.25) is 4.79 Å². The van der Waals surface area contributed by atoms with Crippen molar-refractivity contribution in [3.8, 4) is 0 Å². The molecule has 3 aromatic rings. The minimum atomic E-state index is 0.145. The number of nitrogens with zero attached hydrogens (tertiary/aromatic N) is 2. The summed E-state index contributed by atoms with van der Waals surface area (Å²) in [5, 5.41) is 0. The zero-order chi connectivity index (χ0) is 17.4. The number of aryl methyl sites for hydroxylation is 2. The molecule has 1 aliphatic rings. The Morgan fingerprint density at radius 2 is 1.84 bits per heavy atom. The van der Waals surface area contributed by atoms with Crippen LogP contribution in [0, 0.1) is 13.8 Å². The summed E-state index contributed by atoms with van der Waals surface area (Å²) in [5.74, 6) is 1.60. The van der Waals surface area contributed by atoms with Gasteiger partial charge in [-0.25, -0.2) is 4.98 Å². The smallest absolute Gasteiger partial charge is 0.253 e. The second kappa shape index (κ2) is 6.36. The quantitative estimate of drug-likeness (QED) is 0.764. The van der Waals surface area contributed by atoms with E-state index >= 15 is 0 Å². The number of likely N-dealkylation sites (tertiary alicyclic amines) is 1. The van der Waals surface area contributed by atoms with Crippen LogP contribution >= 0.6 is 0 Å². The fraction of sp³-hybridized carbons (Fsp3) is 0.333. The molecule has 1 aromatic heterocycles. The summed E-state index contributed by atoms with van der Waals surface area (Å²) < 4.78 is 0. The van der Waals surface area contributed by atoms with Crippen molar-refractivity contribution >= 4 is 16.9 Å². The maximum atomic E-state index is 12.7. The van der Waals surface area contributed by atoms with Crippen molar-refractivity contribution in [3.63, 3.8) is 0 Å². The molecule has 1 fully saturated rings. The van der Waals surface area contributed by atoms with Crippen molar-refractivity contribution in [2.45, 2.75) is 32.6 Å². The van der Waals surface area contributed by atoms with Gasteiger partial charge in [0.2, 0.25) is 0 Å². The largest absolute Gasteiger partial charge is 0.342 e. The van der Waals surface area contributed by atoms with Crippen molar-refractivity contribution in [1.82, 2.24) is 14.9 Å². The number of hydrogen-bond donors (Lipinski definition) is 1. The van der Waals surface area contributed by atoms with Crippen LogP contribution in [0.2, 0.25) is 0 Å². The standard InChI is InChI=1S/C21H23N3O/c1-14-7-8-17(13-15(14)2)21(25)24-11-9-16(10-12-24)20-22-18-5-3-4-6-19(18)23-20/h3-8,13,16H,9-12H2,1-2H3,(H,22,23). The molecule has 1 amide bonds. The lowest BCUT2D eigenvalue weighted by Crippen LogP contribution is -2.38. The van der Waals surface area contributed by atoms with Crippen molar-refractivity contribution < 1.29 is 4.79 Å². The Morgan fingerprint density at radius 1 is 1.08 bits per heavy atom. The summed E-state index contributed by atoms with van der Waals surface area (Å²) in [7, 11) is 0. The molecule has 0 aliphatic carbocycles. The van der Waals surface area contributed by atoms with Crippen molar-refractivity contribution in [3.05, 3.63) is 65.0 Å². The maximum Gasteiger partial charge on any atom is 0.253 e. The third-order valence-corrected chi connectivity index (χ3v) is 5.33. The van der Waals surface area contributed by atoms with Gasteiger partial charge in [-0.2, -0.15) is 0 Å². The van der Waals surface area contributed by atoms with Gasteiger partial charge in [0.15, 0.2) is 0 Å². The van der Waals surface area contributed by atoms with Crippen LogP contribution in [-0.4, -0.2) is 33.9 Å². The predicted molar refractivity (Wildman–Crippen MR) is 99.9 cm³/mol. The lowest BCUT2D eigenvalue weighted by molar-refractivity contribution is 0.0711. The molecule has 25 heavy (non-hydrogen) atoms. The van der Waals surface area contributed by atoms with Crippen molar-refractivity contribution in [1.29, 1.82) is 0 Å². The Bertz CT molecular complexity index is 887. The number of piperidine rings is 1. The van der Waals surface area contributed by atoms with Crippen LogP contribution in [0.4, 0.5) is 0 Å². The van der Waals surface area contributed by atoms with Gasteiger partial charge in [0, 0.05) is 24.6 Å². The molecule has 0 bridgehead atoms. The summed E-state index contributed by atoms with van der Waals surface area (Å²) >= 11 is 0. The number of amides is 1. The van der Waals surface area contributed by atoms with E-state index in [1.165, 1.54) is 11.1 Å². The predicted octanol–water partition coefficient (Wildman–Crippen LogP) is 4.20. The number of carbonyl (C=O) groups is 1. The minimum absolute atomic E-state index is 0.145. The first-order valence-corrected chi connectivity index (χ1v) is 8.93. The first-order chi connectivity index (χ1) is 12.1. The minimum Gasteiger partial charge on any atom is -0.342 e. The lowest BCUT2D eigenvalue weighted by Gasteiger charge is -2.31. The lowest BCUT2D eigenvalue weighted by atomic mass is 9.95. The molecule has 1 saturated heterocycles. The third-order valence-electron chi connectivity index (χ3n) is 5.33. The first-order valence-electron chi connectivity index (χ1n) is 8.93. The number of nitrogens with one attached hydrogen (secondary N) is 1. The van der Waals surface area contributed by atoms with Crippen molar-refractivity contribution in [2.24, 2.45) is 0 Å². The molecule has 0 atom stereocenters. The van der Waals surface area contributed by atoms with Crippen LogP contribution < -0.4 is 0 Å². The Morgan fingerprint density at radius 3 is 2.56 bits per heavy atom. The van der Waals surface area contributed by atoms with Gasteiger partial charge < -0.3 is 9.88 Å². The first kappa shape index (κ1) is 15.9. The molecular formula is C21H23N3O. The molecular weight excluding hydrogens is 310 g/mol. The summed E-state index contributed by atoms with van der Waals surface area (Å²) in [5.41, 5.74) is 5.30. The number of hydrogen-bond acceptors (Lipinski definition) is 2. The molecule has 1 N–H and O–H groups in total. The second-order valence-electron chi connectivity index (χ2n) is 7.00. The zero-order valence-electron chi connectivity index (χ0n) is 14.7. The summed E-state index contributed by atoms with van der Waals surface area (Å²) in [4.78, 5) is 22.9. The molecule has 0 saturated carbocycles. The third kappa shape index (κ3) is 3.04. The number of aromatic nitrogens is 2. The highest BCUT2D eigenvalue weighted by Crippen LogP contribution is 2.28. The number of carbonyl (C=O) groups excluding carboxylic acids is 1. The van der Waals surface area contributed by atoms with E-state index in [0.29, 0.717) is 5.92 Å². The van der Waals surface area contributed by atoms with E-state index in [9.17, 15) is 4.79 Å². The number of benzene rings is 2. The van der Waals surface area contributed by atoms with E-state index in [1.807, 2.05) is 41.3 Å². The van der Waals surface area contributed by atoms with Gasteiger partial charge in [0.25, 0.3) is 5.91 Å². The van der Waals surface area contributed by atoms with Crippen LogP contribution in [0.15, 0.2) is 42.5 Å². The number of fused-ring (bicyclic) bond motifs is 1. The van der Waals surface area contributed by atoms with E-state index in [0.717, 1.165) is 48.4 Å². The average molecular weight is 333 g/mol. The number of para-hydroxylation sites is 2. The van der Waals surface area contributed by atoms with Crippen LogP contribution in [-0.2, 0) is 0 Å². The van der Waals surface area contributed by atoms with Gasteiger partial charge in [-0.05, 0) is 62.1 Å². The maximum absolute atomic E-state index is 12.7. The number of H-pyrrole nitrogens is 1. The zero-order valence-corrected chi connectivity index (χ0v) is 14.7. The molecule has 2 heterocycles. The number of imidazole rings is 1. The summed E-state index contributed by atoms with van der Waals surface area (Å²) in [6, 6.07) is 14.1. The second-order valence-corrected chi connectivity index (χ2v) is 7.00. The van der Waals surface area contributed by atoms with E-state index in [2.05, 4.69) is 24.9 Å². The highest BCUT2D eigenvalue weighted by atomic mass is 16.2. The Balaban J connectivity index is 1.45. The normalized spacial score (nSPS) is 15.7. The molecule has 2 aromatic carbocycles. The summed E-state index contributed by atoms with van der Waals surface area (Å²) in [6.45, 7) is 5.70. The van der Waals surface area contributed by atoms with E-state index in [1.54, 1.807) is 0 Å². The molecule has 4 heteroatoms. The molecule has 0 radical (unpaired) electrons. The van der Waals surface area contributed by atoms with Gasteiger partial charge in [-0.15, -0.1) is 0 Å². The number of aromatic amines is 1. The van der Waals surface area contributed by atoms with E-state index < -0.39 is 0 Å². The average Bonchev–Trinajstić information content (AvgIpc) is 3.08. The van der Waals surface area contributed by atoms with Crippen LogP contribution in [0.25, 0.3) is 11.0 Å². The highest BCUT2D eigenvalue weighted by molar-refractivity contribution is 5.94. The van der Waals surface area contributed by atoms with Crippen LogP contribution in [0.1, 0.15) is 46.1 Å². The van der Waals surface area contributed by atoms with Gasteiger partial charge >= 0.3 is 0 Å². The van der Waals surface area contributed by atoms with Gasteiger partial charge in [0.1, 0.15) is 5.82 Å². The molecule has 4 nitrogen and oxygen atoms in total. The fourth-order valence-corrected chi connectivity index (χ4v) is 3.58. The van der Waals surface area contributed by atoms with Crippen LogP contribution in [0.3, 0.4) is 0 Å². The molecule has 0 spiro atoms. The summed E-state index contributed by atoms with van der Waals surface area (Å²) in [6.07, 6.45) is 1.91. The molecule has 4 rings (SSSR count). The Labute approximate surface area is 147 Å². The van der Waals surface area contributed by atoms with Crippen molar-refractivity contribution in [2.75, 3.05) is 13.1 Å². The monoisotopic (exact) mass is 333 g/mol. The highest BCUT2D eigenvalue weighted by Gasteiger charge is 2.26.